The van der Waals surface area contributed by atoms with E-state index in [0.717, 1.165) is 38.9 Å². The third kappa shape index (κ3) is 15.4. The van der Waals surface area contributed by atoms with Crippen LogP contribution in [-0.2, 0) is 14.2 Å². The number of rotatable bonds is 14. The standard InChI is InChI=1S/C14H26O3/c1-3-5-7-9-15-11-13-17-14-12-16-10-8-6-4-2/h3-4H,1-2,5-14H2. The largest absolute Gasteiger partial charge is 0.379 e. The van der Waals surface area contributed by atoms with E-state index >= 15 is 0 Å². The summed E-state index contributed by atoms with van der Waals surface area (Å²) in [5.41, 5.74) is 0. The number of ether oxygens (including phenoxy) is 3. The Balaban J connectivity index is 2.89. The highest BCUT2D eigenvalue weighted by molar-refractivity contribution is 4.65. The van der Waals surface area contributed by atoms with E-state index in [0.29, 0.717) is 26.4 Å². The molecule has 0 amide bonds. The maximum absolute atomic E-state index is 5.37. The molecule has 3 heteroatoms. The van der Waals surface area contributed by atoms with Crippen molar-refractivity contribution in [3.63, 3.8) is 0 Å². The fourth-order valence-electron chi connectivity index (χ4n) is 1.20. The van der Waals surface area contributed by atoms with Crippen molar-refractivity contribution >= 4 is 0 Å². The molecule has 0 aliphatic rings. The summed E-state index contributed by atoms with van der Waals surface area (Å²) in [6.45, 7) is 11.5. The van der Waals surface area contributed by atoms with Gasteiger partial charge in [0.25, 0.3) is 0 Å². The quantitative estimate of drug-likeness (QED) is 0.346. The second-order valence-electron chi connectivity index (χ2n) is 3.70. The van der Waals surface area contributed by atoms with Crippen molar-refractivity contribution < 1.29 is 14.2 Å². The third-order valence-corrected chi connectivity index (χ3v) is 2.14. The van der Waals surface area contributed by atoms with Gasteiger partial charge in [0.15, 0.2) is 0 Å². The number of hydrogen-bond acceptors (Lipinski definition) is 3. The summed E-state index contributed by atoms with van der Waals surface area (Å²) in [5, 5.41) is 0. The molecule has 3 nitrogen and oxygen atoms in total. The molecule has 0 spiro atoms. The van der Waals surface area contributed by atoms with Gasteiger partial charge >= 0.3 is 0 Å². The van der Waals surface area contributed by atoms with Gasteiger partial charge in [0, 0.05) is 13.2 Å². The summed E-state index contributed by atoms with van der Waals surface area (Å²) in [7, 11) is 0. The summed E-state index contributed by atoms with van der Waals surface area (Å²) >= 11 is 0. The molecule has 0 aliphatic heterocycles. The second kappa shape index (κ2) is 15.4. The monoisotopic (exact) mass is 242 g/mol. The topological polar surface area (TPSA) is 27.7 Å². The fraction of sp³-hybridized carbons (Fsp3) is 0.714. The van der Waals surface area contributed by atoms with E-state index in [1.165, 1.54) is 0 Å². The maximum Gasteiger partial charge on any atom is 0.0701 e. The zero-order valence-electron chi connectivity index (χ0n) is 10.9. The molecule has 0 N–H and O–H groups in total. The molecule has 0 bridgehead atoms. The predicted octanol–water partition coefficient (Wildman–Crippen LogP) is 2.97. The Morgan fingerprint density at radius 3 is 1.29 bits per heavy atom. The molecule has 0 atom stereocenters. The fourth-order valence-corrected chi connectivity index (χ4v) is 1.20. The van der Waals surface area contributed by atoms with E-state index in [1.54, 1.807) is 0 Å². The molecular formula is C14H26O3. The van der Waals surface area contributed by atoms with Crippen molar-refractivity contribution in [3.05, 3.63) is 25.3 Å². The lowest BCUT2D eigenvalue weighted by Crippen LogP contribution is -2.10. The van der Waals surface area contributed by atoms with Gasteiger partial charge < -0.3 is 14.2 Å². The van der Waals surface area contributed by atoms with Gasteiger partial charge in [0.05, 0.1) is 26.4 Å². The number of allylic oxidation sites excluding steroid dienone is 2. The summed E-state index contributed by atoms with van der Waals surface area (Å²) < 4.78 is 16.1. The minimum atomic E-state index is 0.643. The Kier molecular flexibility index (Phi) is 14.8. The molecule has 0 aromatic rings. The van der Waals surface area contributed by atoms with Gasteiger partial charge in [-0.25, -0.2) is 0 Å². The zero-order valence-corrected chi connectivity index (χ0v) is 10.9. The van der Waals surface area contributed by atoms with Crippen molar-refractivity contribution in [1.29, 1.82) is 0 Å². The average molecular weight is 242 g/mol. The first-order valence-corrected chi connectivity index (χ1v) is 6.37. The normalized spacial score (nSPS) is 10.4. The Bertz CT molecular complexity index is 151. The van der Waals surface area contributed by atoms with Crippen LogP contribution >= 0.6 is 0 Å². The maximum atomic E-state index is 5.37. The Morgan fingerprint density at radius 1 is 0.588 bits per heavy atom. The lowest BCUT2D eigenvalue weighted by molar-refractivity contribution is 0.0140. The first-order valence-electron chi connectivity index (χ1n) is 6.37. The molecule has 100 valence electrons. The molecular weight excluding hydrogens is 216 g/mol. The van der Waals surface area contributed by atoms with Crippen molar-refractivity contribution in [1.82, 2.24) is 0 Å². The van der Waals surface area contributed by atoms with Gasteiger partial charge in [0.2, 0.25) is 0 Å². The van der Waals surface area contributed by atoms with Crippen LogP contribution in [0.4, 0.5) is 0 Å². The number of hydrogen-bond donors (Lipinski definition) is 0. The van der Waals surface area contributed by atoms with E-state index in [4.69, 9.17) is 14.2 Å². The highest BCUT2D eigenvalue weighted by Gasteiger charge is 1.91. The summed E-state index contributed by atoms with van der Waals surface area (Å²) in [6.07, 6.45) is 7.91. The molecule has 0 aromatic carbocycles. The van der Waals surface area contributed by atoms with Gasteiger partial charge in [-0.2, -0.15) is 0 Å². The van der Waals surface area contributed by atoms with Crippen molar-refractivity contribution in [2.45, 2.75) is 25.7 Å². The van der Waals surface area contributed by atoms with Crippen LogP contribution in [0.15, 0.2) is 25.3 Å². The summed E-state index contributed by atoms with van der Waals surface area (Å²) in [5.74, 6) is 0. The molecule has 0 rings (SSSR count). The molecule has 0 aliphatic carbocycles. The lowest BCUT2D eigenvalue weighted by Gasteiger charge is -2.06. The van der Waals surface area contributed by atoms with E-state index in [1.807, 2.05) is 12.2 Å². The van der Waals surface area contributed by atoms with Crippen LogP contribution in [0.25, 0.3) is 0 Å². The van der Waals surface area contributed by atoms with Crippen molar-refractivity contribution in [3.8, 4) is 0 Å². The van der Waals surface area contributed by atoms with E-state index in [9.17, 15) is 0 Å². The van der Waals surface area contributed by atoms with Gasteiger partial charge in [-0.3, -0.25) is 0 Å². The van der Waals surface area contributed by atoms with E-state index in [-0.39, 0.29) is 0 Å². The Labute approximate surface area is 105 Å². The molecule has 0 heterocycles. The zero-order chi connectivity index (χ0) is 12.6. The van der Waals surface area contributed by atoms with Gasteiger partial charge in [0.1, 0.15) is 0 Å². The van der Waals surface area contributed by atoms with Crippen LogP contribution in [0.2, 0.25) is 0 Å². The smallest absolute Gasteiger partial charge is 0.0701 e. The first kappa shape index (κ1) is 16.4. The summed E-state index contributed by atoms with van der Waals surface area (Å²) in [4.78, 5) is 0. The van der Waals surface area contributed by atoms with E-state index in [2.05, 4.69) is 13.2 Å². The van der Waals surface area contributed by atoms with Crippen LogP contribution in [0.5, 0.6) is 0 Å². The van der Waals surface area contributed by atoms with Gasteiger partial charge in [-0.1, -0.05) is 12.2 Å². The lowest BCUT2D eigenvalue weighted by atomic mass is 10.3. The van der Waals surface area contributed by atoms with Gasteiger partial charge in [-0.15, -0.1) is 13.2 Å². The molecule has 0 saturated heterocycles. The molecule has 0 aromatic heterocycles. The molecule has 0 saturated carbocycles. The van der Waals surface area contributed by atoms with Crippen LogP contribution in [-0.4, -0.2) is 39.6 Å². The molecule has 0 fully saturated rings. The third-order valence-electron chi connectivity index (χ3n) is 2.14. The van der Waals surface area contributed by atoms with Crippen LogP contribution in [0.1, 0.15) is 25.7 Å². The highest BCUT2D eigenvalue weighted by atomic mass is 16.5. The summed E-state index contributed by atoms with van der Waals surface area (Å²) in [6, 6.07) is 0. The number of unbranched alkanes of at least 4 members (excludes halogenated alkanes) is 2. The highest BCUT2D eigenvalue weighted by Crippen LogP contribution is 1.91. The van der Waals surface area contributed by atoms with Gasteiger partial charge in [-0.05, 0) is 25.7 Å². The van der Waals surface area contributed by atoms with E-state index < -0.39 is 0 Å². The van der Waals surface area contributed by atoms with Crippen molar-refractivity contribution in [2.24, 2.45) is 0 Å². The van der Waals surface area contributed by atoms with Crippen LogP contribution in [0, 0.1) is 0 Å². The first-order chi connectivity index (χ1) is 8.41. The molecule has 17 heavy (non-hydrogen) atoms. The minimum absolute atomic E-state index is 0.643. The SMILES string of the molecule is C=CCCCOCCOCCOCCCC=C. The molecule has 0 radical (unpaired) electrons. The Morgan fingerprint density at radius 2 is 0.941 bits per heavy atom. The molecule has 0 unspecified atom stereocenters. The van der Waals surface area contributed by atoms with Crippen LogP contribution < -0.4 is 0 Å². The van der Waals surface area contributed by atoms with Crippen molar-refractivity contribution in [2.75, 3.05) is 39.6 Å². The second-order valence-corrected chi connectivity index (χ2v) is 3.70. The predicted molar refractivity (Wildman–Crippen MR) is 71.3 cm³/mol. The van der Waals surface area contributed by atoms with Crippen LogP contribution in [0.3, 0.4) is 0 Å². The Hall–Kier alpha value is -0.640. The average Bonchev–Trinajstić information content (AvgIpc) is 2.35. The minimum Gasteiger partial charge on any atom is -0.379 e.